The Bertz CT molecular complexity index is 51.6. The van der Waals surface area contributed by atoms with Crippen molar-refractivity contribution in [2.75, 3.05) is 14.2 Å². The summed E-state index contributed by atoms with van der Waals surface area (Å²) < 4.78 is 4.25. The van der Waals surface area contributed by atoms with Crippen molar-refractivity contribution in [2.24, 2.45) is 0 Å². The zero-order valence-corrected chi connectivity index (χ0v) is 5.47. The summed E-state index contributed by atoms with van der Waals surface area (Å²) >= 11 is 0. The van der Waals surface area contributed by atoms with E-state index in [1.165, 1.54) is 0 Å². The Hall–Kier alpha value is -0.570. The first-order valence-electron chi connectivity index (χ1n) is 2.30. The van der Waals surface area contributed by atoms with E-state index in [4.69, 9.17) is 5.11 Å². The molecule has 0 atom stereocenters. The molecule has 8 heavy (non-hydrogen) atoms. The molecule has 0 fully saturated rings. The maximum Gasteiger partial charge on any atom is 0.303 e. The van der Waals surface area contributed by atoms with Gasteiger partial charge in [0.05, 0.1) is 0 Å². The molecule has 0 aliphatic rings. The fraction of sp³-hybridized carbons (Fsp3) is 0.800. The van der Waals surface area contributed by atoms with Gasteiger partial charge in [-0.05, 0) is 0 Å². The number of aliphatic carboxylic acids is 1. The molecular formula is C5H12O3. The second-order valence-electron chi connectivity index (χ2n) is 1.16. The van der Waals surface area contributed by atoms with Crippen LogP contribution in [0.5, 0.6) is 0 Å². The van der Waals surface area contributed by atoms with E-state index >= 15 is 0 Å². The molecule has 0 aromatic heterocycles. The van der Waals surface area contributed by atoms with Gasteiger partial charge >= 0.3 is 5.97 Å². The Balaban J connectivity index is 0. The standard InChI is InChI=1S/C3H6O2.C2H6O/c1-2-3(4)5;1-3-2/h2H2,1H3,(H,4,5);1-2H3. The largest absolute Gasteiger partial charge is 0.481 e. The fourth-order valence-electron chi connectivity index (χ4n) is 0. The van der Waals surface area contributed by atoms with E-state index in [1.54, 1.807) is 21.1 Å². The maximum atomic E-state index is 9.37. The lowest BCUT2D eigenvalue weighted by atomic mass is 10.5. The first kappa shape index (κ1) is 10.4. The Morgan fingerprint density at radius 2 is 1.75 bits per heavy atom. The molecule has 3 nitrogen and oxygen atoms in total. The van der Waals surface area contributed by atoms with Crippen LogP contribution in [-0.2, 0) is 9.53 Å². The van der Waals surface area contributed by atoms with Gasteiger partial charge in [-0.25, -0.2) is 0 Å². The molecule has 0 radical (unpaired) electrons. The minimum absolute atomic E-state index is 0.222. The third kappa shape index (κ3) is 52.1. The van der Waals surface area contributed by atoms with Gasteiger partial charge in [-0.15, -0.1) is 0 Å². The first-order chi connectivity index (χ1) is 3.68. The van der Waals surface area contributed by atoms with Crippen molar-refractivity contribution in [3.63, 3.8) is 0 Å². The molecule has 0 bridgehead atoms. The number of carbonyl (C=O) groups is 1. The van der Waals surface area contributed by atoms with Crippen molar-refractivity contribution >= 4 is 5.97 Å². The van der Waals surface area contributed by atoms with Crippen molar-refractivity contribution in [2.45, 2.75) is 13.3 Å². The SMILES string of the molecule is CCC(=O)O.COC. The lowest BCUT2D eigenvalue weighted by Crippen LogP contribution is -1.86. The summed E-state index contributed by atoms with van der Waals surface area (Å²) in [6, 6.07) is 0. The highest BCUT2D eigenvalue weighted by Gasteiger charge is 1.80. The molecule has 0 rings (SSSR count). The van der Waals surface area contributed by atoms with E-state index < -0.39 is 5.97 Å². The maximum absolute atomic E-state index is 9.37. The predicted octanol–water partition coefficient (Wildman–Crippen LogP) is 0.744. The molecule has 0 aromatic carbocycles. The smallest absolute Gasteiger partial charge is 0.303 e. The van der Waals surface area contributed by atoms with Crippen LogP contribution in [0.4, 0.5) is 0 Å². The van der Waals surface area contributed by atoms with Gasteiger partial charge in [-0.1, -0.05) is 6.92 Å². The monoisotopic (exact) mass is 120 g/mol. The highest BCUT2D eigenvalue weighted by atomic mass is 16.4. The molecule has 0 aromatic rings. The minimum atomic E-state index is -0.745. The highest BCUT2D eigenvalue weighted by molar-refractivity contribution is 5.66. The second-order valence-corrected chi connectivity index (χ2v) is 1.16. The van der Waals surface area contributed by atoms with Gasteiger partial charge in [0.25, 0.3) is 0 Å². The third-order valence-corrected chi connectivity index (χ3v) is 0.302. The van der Waals surface area contributed by atoms with Gasteiger partial charge in [0.15, 0.2) is 0 Å². The molecule has 0 aliphatic heterocycles. The van der Waals surface area contributed by atoms with Crippen molar-refractivity contribution in [1.29, 1.82) is 0 Å². The Labute approximate surface area is 49.3 Å². The van der Waals surface area contributed by atoms with Gasteiger partial charge in [-0.2, -0.15) is 0 Å². The summed E-state index contributed by atoms with van der Waals surface area (Å²) in [6.07, 6.45) is 0.222. The van der Waals surface area contributed by atoms with E-state index in [2.05, 4.69) is 4.74 Å². The summed E-state index contributed by atoms with van der Waals surface area (Å²) in [5, 5.41) is 7.72. The minimum Gasteiger partial charge on any atom is -0.481 e. The van der Waals surface area contributed by atoms with E-state index in [0.717, 1.165) is 0 Å². The van der Waals surface area contributed by atoms with Crippen LogP contribution >= 0.6 is 0 Å². The van der Waals surface area contributed by atoms with Crippen LogP contribution < -0.4 is 0 Å². The van der Waals surface area contributed by atoms with Crippen LogP contribution in [0, 0.1) is 0 Å². The molecule has 0 saturated heterocycles. The highest BCUT2D eigenvalue weighted by Crippen LogP contribution is 1.67. The number of carboxylic acid groups (broad SMARTS) is 1. The summed E-state index contributed by atoms with van der Waals surface area (Å²) in [4.78, 5) is 9.37. The predicted molar refractivity (Wildman–Crippen MR) is 30.9 cm³/mol. The lowest BCUT2D eigenvalue weighted by molar-refractivity contribution is -0.136. The molecule has 0 spiro atoms. The van der Waals surface area contributed by atoms with Gasteiger partial charge < -0.3 is 9.84 Å². The number of rotatable bonds is 1. The van der Waals surface area contributed by atoms with Crippen LogP contribution in [0.3, 0.4) is 0 Å². The molecule has 0 aliphatic carbocycles. The van der Waals surface area contributed by atoms with E-state index in [0.29, 0.717) is 0 Å². The van der Waals surface area contributed by atoms with Gasteiger partial charge in [-0.3, -0.25) is 4.79 Å². The van der Waals surface area contributed by atoms with Crippen LogP contribution in [0.25, 0.3) is 0 Å². The summed E-state index contributed by atoms with van der Waals surface area (Å²) in [5.41, 5.74) is 0. The molecule has 0 saturated carbocycles. The number of carboxylic acids is 1. The second kappa shape index (κ2) is 9.66. The molecule has 0 heterocycles. The summed E-state index contributed by atoms with van der Waals surface area (Å²) in [6.45, 7) is 1.60. The Kier molecular flexibility index (Phi) is 12.6. The Morgan fingerprint density at radius 3 is 1.75 bits per heavy atom. The van der Waals surface area contributed by atoms with Gasteiger partial charge in [0, 0.05) is 20.6 Å². The number of hydrogen-bond acceptors (Lipinski definition) is 2. The van der Waals surface area contributed by atoms with Crippen LogP contribution in [0.15, 0.2) is 0 Å². The van der Waals surface area contributed by atoms with Crippen molar-refractivity contribution in [3.05, 3.63) is 0 Å². The molecular weight excluding hydrogens is 108 g/mol. The number of ether oxygens (including phenoxy) is 1. The zero-order chi connectivity index (χ0) is 6.99. The molecule has 50 valence electrons. The van der Waals surface area contributed by atoms with E-state index in [1.807, 2.05) is 0 Å². The van der Waals surface area contributed by atoms with Crippen molar-refractivity contribution in [3.8, 4) is 0 Å². The van der Waals surface area contributed by atoms with Crippen LogP contribution in [0.1, 0.15) is 13.3 Å². The molecule has 0 unspecified atom stereocenters. The first-order valence-corrected chi connectivity index (χ1v) is 2.30. The normalized spacial score (nSPS) is 6.88. The summed E-state index contributed by atoms with van der Waals surface area (Å²) in [5.74, 6) is -0.745. The number of hydrogen-bond donors (Lipinski definition) is 1. The average Bonchev–Trinajstić information content (AvgIpc) is 1.69. The summed E-state index contributed by atoms with van der Waals surface area (Å²) in [7, 11) is 3.25. The Morgan fingerprint density at radius 1 is 1.62 bits per heavy atom. The average molecular weight is 120 g/mol. The van der Waals surface area contributed by atoms with Crippen molar-refractivity contribution in [1.82, 2.24) is 0 Å². The van der Waals surface area contributed by atoms with Crippen LogP contribution in [-0.4, -0.2) is 25.3 Å². The van der Waals surface area contributed by atoms with Gasteiger partial charge in [0.1, 0.15) is 0 Å². The number of methoxy groups -OCH3 is 1. The van der Waals surface area contributed by atoms with Gasteiger partial charge in [0.2, 0.25) is 0 Å². The van der Waals surface area contributed by atoms with Crippen molar-refractivity contribution < 1.29 is 14.6 Å². The zero-order valence-electron chi connectivity index (χ0n) is 5.47. The third-order valence-electron chi connectivity index (χ3n) is 0.302. The fourth-order valence-corrected chi connectivity index (χ4v) is 0. The molecule has 3 heteroatoms. The quantitative estimate of drug-likeness (QED) is 0.555. The lowest BCUT2D eigenvalue weighted by Gasteiger charge is -1.71. The topological polar surface area (TPSA) is 46.5 Å². The van der Waals surface area contributed by atoms with Crippen LogP contribution in [0.2, 0.25) is 0 Å². The van der Waals surface area contributed by atoms with E-state index in [-0.39, 0.29) is 6.42 Å². The molecule has 0 amide bonds. The molecule has 1 N–H and O–H groups in total. The van der Waals surface area contributed by atoms with E-state index in [9.17, 15) is 4.79 Å².